The monoisotopic (exact) mass is 426 g/mol. The normalized spacial score (nSPS) is 12.0. The number of aromatic nitrogens is 1. The van der Waals surface area contributed by atoms with Gasteiger partial charge in [0, 0.05) is 44.6 Å². The summed E-state index contributed by atoms with van der Waals surface area (Å²) in [6, 6.07) is 12.4. The molecule has 0 spiro atoms. The fourth-order valence-corrected chi connectivity index (χ4v) is 3.57. The maximum atomic E-state index is 13.3. The van der Waals surface area contributed by atoms with E-state index in [9.17, 15) is 9.59 Å². The number of nitrogens with zero attached hydrogens (tertiary/aromatic N) is 4. The highest BCUT2D eigenvalue weighted by Crippen LogP contribution is 2.17. The van der Waals surface area contributed by atoms with Crippen molar-refractivity contribution in [2.75, 3.05) is 20.6 Å². The summed E-state index contributed by atoms with van der Waals surface area (Å²) >= 11 is 0. The molecule has 6 heteroatoms. The molecule has 0 aliphatic rings. The topological polar surface area (TPSA) is 48.8 Å². The molecule has 0 N–H and O–H groups in total. The van der Waals surface area contributed by atoms with Gasteiger partial charge in [0.05, 0.1) is 6.54 Å². The average Bonchev–Trinajstić information content (AvgIpc) is 3.17. The molecule has 31 heavy (non-hydrogen) atoms. The molecular formula is C25H38N4O2. The molecule has 2 aromatic rings. The van der Waals surface area contributed by atoms with E-state index in [1.165, 1.54) is 16.0 Å². The van der Waals surface area contributed by atoms with Crippen LogP contribution in [-0.2, 0) is 17.9 Å². The van der Waals surface area contributed by atoms with E-state index in [4.69, 9.17) is 0 Å². The van der Waals surface area contributed by atoms with Gasteiger partial charge in [-0.05, 0) is 57.4 Å². The van der Waals surface area contributed by atoms with Crippen LogP contribution in [0.1, 0.15) is 50.9 Å². The summed E-state index contributed by atoms with van der Waals surface area (Å²) < 4.78 is 2.20. The second kappa shape index (κ2) is 11.0. The zero-order valence-corrected chi connectivity index (χ0v) is 20.1. The molecule has 0 aliphatic heterocycles. The van der Waals surface area contributed by atoms with Crippen molar-refractivity contribution in [1.29, 1.82) is 0 Å². The molecule has 0 saturated carbocycles. The van der Waals surface area contributed by atoms with Crippen LogP contribution in [-0.4, -0.2) is 63.9 Å². The minimum Gasteiger partial charge on any atom is -0.345 e. The lowest BCUT2D eigenvalue weighted by atomic mass is 10.1. The lowest BCUT2D eigenvalue weighted by Gasteiger charge is -2.34. The SMILES string of the molecule is CC[C@H](C)N(Cc1cccn1Cc1ccccc1C)C(=O)CN(C(=O)N(C)C)C(C)C. The van der Waals surface area contributed by atoms with Gasteiger partial charge in [-0.3, -0.25) is 4.79 Å². The van der Waals surface area contributed by atoms with Crippen LogP contribution in [0.4, 0.5) is 4.79 Å². The van der Waals surface area contributed by atoms with Crippen LogP contribution in [0.5, 0.6) is 0 Å². The number of amides is 3. The zero-order chi connectivity index (χ0) is 23.1. The third-order valence-corrected chi connectivity index (χ3v) is 5.86. The smallest absolute Gasteiger partial charge is 0.320 e. The number of hydrogen-bond acceptors (Lipinski definition) is 2. The number of carbonyl (C=O) groups is 2. The fraction of sp³-hybridized carbons (Fsp3) is 0.520. The zero-order valence-electron chi connectivity index (χ0n) is 20.1. The Morgan fingerprint density at radius 2 is 1.68 bits per heavy atom. The van der Waals surface area contributed by atoms with E-state index in [0.717, 1.165) is 18.7 Å². The molecule has 2 rings (SSSR count). The van der Waals surface area contributed by atoms with Gasteiger partial charge in [-0.1, -0.05) is 31.2 Å². The molecule has 170 valence electrons. The molecule has 1 aromatic carbocycles. The van der Waals surface area contributed by atoms with E-state index in [-0.39, 0.29) is 30.6 Å². The maximum Gasteiger partial charge on any atom is 0.320 e. The van der Waals surface area contributed by atoms with Crippen LogP contribution in [0.15, 0.2) is 42.6 Å². The average molecular weight is 427 g/mol. The molecule has 1 aromatic heterocycles. The molecule has 1 atom stereocenters. The summed E-state index contributed by atoms with van der Waals surface area (Å²) in [6.07, 6.45) is 2.92. The number of aryl methyl sites for hydroxylation is 1. The van der Waals surface area contributed by atoms with E-state index < -0.39 is 0 Å². The van der Waals surface area contributed by atoms with Crippen molar-refractivity contribution >= 4 is 11.9 Å². The molecule has 1 heterocycles. The predicted molar refractivity (Wildman–Crippen MR) is 126 cm³/mol. The van der Waals surface area contributed by atoms with Gasteiger partial charge in [0.15, 0.2) is 0 Å². The van der Waals surface area contributed by atoms with Crippen LogP contribution in [0.2, 0.25) is 0 Å². The molecule has 0 bridgehead atoms. The Labute approximate surface area is 187 Å². The Bertz CT molecular complexity index is 872. The van der Waals surface area contributed by atoms with Crippen molar-refractivity contribution in [3.63, 3.8) is 0 Å². The standard InChI is InChI=1S/C25H38N4O2/c1-8-21(5)29(24(30)18-28(19(2)3)25(31)26(6)7)17-23-14-11-15-27(23)16-22-13-10-9-12-20(22)4/h9-15,19,21H,8,16-18H2,1-7H3/t21-/m0/s1. The van der Waals surface area contributed by atoms with E-state index in [1.54, 1.807) is 19.0 Å². The van der Waals surface area contributed by atoms with Gasteiger partial charge >= 0.3 is 6.03 Å². The summed E-state index contributed by atoms with van der Waals surface area (Å²) in [5, 5.41) is 0. The van der Waals surface area contributed by atoms with E-state index in [1.807, 2.05) is 30.9 Å². The number of benzene rings is 1. The number of carbonyl (C=O) groups excluding carboxylic acids is 2. The number of urea groups is 1. The molecule has 0 radical (unpaired) electrons. The van der Waals surface area contributed by atoms with E-state index >= 15 is 0 Å². The van der Waals surface area contributed by atoms with E-state index in [0.29, 0.717) is 6.54 Å². The summed E-state index contributed by atoms with van der Waals surface area (Å²) in [7, 11) is 3.43. The predicted octanol–water partition coefficient (Wildman–Crippen LogP) is 4.36. The number of hydrogen-bond donors (Lipinski definition) is 0. The quantitative estimate of drug-likeness (QED) is 0.598. The van der Waals surface area contributed by atoms with Gasteiger partial charge in [0.2, 0.25) is 5.91 Å². The van der Waals surface area contributed by atoms with Crippen molar-refractivity contribution < 1.29 is 9.59 Å². The van der Waals surface area contributed by atoms with Gasteiger partial charge in [0.25, 0.3) is 0 Å². The highest BCUT2D eigenvalue weighted by molar-refractivity contribution is 5.84. The van der Waals surface area contributed by atoms with Gasteiger partial charge in [-0.25, -0.2) is 4.79 Å². The fourth-order valence-electron chi connectivity index (χ4n) is 3.57. The lowest BCUT2D eigenvalue weighted by Crippen LogP contribution is -2.50. The van der Waals surface area contributed by atoms with Crippen molar-refractivity contribution in [3.05, 3.63) is 59.4 Å². The molecule has 0 unspecified atom stereocenters. The molecular weight excluding hydrogens is 388 g/mol. The maximum absolute atomic E-state index is 13.3. The Morgan fingerprint density at radius 3 is 2.26 bits per heavy atom. The van der Waals surface area contributed by atoms with Crippen LogP contribution in [0.25, 0.3) is 0 Å². The van der Waals surface area contributed by atoms with E-state index in [2.05, 4.69) is 55.8 Å². The Balaban J connectivity index is 2.23. The summed E-state index contributed by atoms with van der Waals surface area (Å²) in [4.78, 5) is 31.0. The first-order chi connectivity index (χ1) is 14.6. The molecule has 0 aliphatic carbocycles. The van der Waals surface area contributed by atoms with Crippen molar-refractivity contribution in [2.24, 2.45) is 0 Å². The highest BCUT2D eigenvalue weighted by atomic mass is 16.2. The van der Waals surface area contributed by atoms with Crippen LogP contribution in [0.3, 0.4) is 0 Å². The first-order valence-corrected chi connectivity index (χ1v) is 11.1. The Morgan fingerprint density at radius 1 is 1.00 bits per heavy atom. The van der Waals surface area contributed by atoms with Crippen molar-refractivity contribution in [3.8, 4) is 0 Å². The third-order valence-electron chi connectivity index (χ3n) is 5.86. The molecule has 0 fully saturated rings. The summed E-state index contributed by atoms with van der Waals surface area (Å²) in [5.41, 5.74) is 3.61. The van der Waals surface area contributed by atoms with Gasteiger partial charge in [-0.15, -0.1) is 0 Å². The van der Waals surface area contributed by atoms with Crippen LogP contribution >= 0.6 is 0 Å². The molecule has 3 amide bonds. The van der Waals surface area contributed by atoms with Gasteiger partial charge in [0.1, 0.15) is 6.54 Å². The second-order valence-electron chi connectivity index (χ2n) is 8.73. The van der Waals surface area contributed by atoms with Gasteiger partial charge in [-0.2, -0.15) is 0 Å². The van der Waals surface area contributed by atoms with Crippen molar-refractivity contribution in [2.45, 2.75) is 66.2 Å². The molecule has 6 nitrogen and oxygen atoms in total. The van der Waals surface area contributed by atoms with Gasteiger partial charge < -0.3 is 19.3 Å². The third kappa shape index (κ3) is 6.36. The second-order valence-corrected chi connectivity index (χ2v) is 8.73. The summed E-state index contributed by atoms with van der Waals surface area (Å²) in [6.45, 7) is 11.5. The lowest BCUT2D eigenvalue weighted by molar-refractivity contribution is -0.135. The minimum absolute atomic E-state index is 0.0260. The minimum atomic E-state index is -0.143. The van der Waals surface area contributed by atoms with Crippen LogP contribution in [0, 0.1) is 6.92 Å². The first-order valence-electron chi connectivity index (χ1n) is 11.1. The number of rotatable bonds is 9. The van der Waals surface area contributed by atoms with Crippen LogP contribution < -0.4 is 0 Å². The Kier molecular flexibility index (Phi) is 8.72. The Hall–Kier alpha value is -2.76. The van der Waals surface area contributed by atoms with Crippen molar-refractivity contribution in [1.82, 2.24) is 19.3 Å². The highest BCUT2D eigenvalue weighted by Gasteiger charge is 2.27. The first kappa shape index (κ1) is 24.5. The summed E-state index contributed by atoms with van der Waals surface area (Å²) in [5.74, 6) is -0.0260. The largest absolute Gasteiger partial charge is 0.345 e. The molecule has 0 saturated heterocycles.